The fourth-order valence-electron chi connectivity index (χ4n) is 1.54. The van der Waals surface area contributed by atoms with Crippen molar-refractivity contribution in [2.24, 2.45) is 7.05 Å². The number of hydrogen-bond donors (Lipinski definition) is 0. The van der Waals surface area contributed by atoms with E-state index >= 15 is 0 Å². The summed E-state index contributed by atoms with van der Waals surface area (Å²) in [6.07, 6.45) is 6.63. The maximum atomic E-state index is 4.38. The van der Waals surface area contributed by atoms with Gasteiger partial charge in [-0.3, -0.25) is 4.68 Å². The summed E-state index contributed by atoms with van der Waals surface area (Å²) < 4.78 is 1.96. The number of aryl methyl sites for hydroxylation is 1. The van der Waals surface area contributed by atoms with Gasteiger partial charge in [-0.05, 0) is 25.8 Å². The molecule has 1 aliphatic rings. The summed E-state index contributed by atoms with van der Waals surface area (Å²) in [5, 5.41) is 4.38. The lowest BCUT2D eigenvalue weighted by Crippen LogP contribution is -1.94. The van der Waals surface area contributed by atoms with Crippen molar-refractivity contribution in [3.63, 3.8) is 0 Å². The summed E-state index contributed by atoms with van der Waals surface area (Å²) in [6, 6.07) is 0. The lowest BCUT2D eigenvalue weighted by atomic mass is 10.0. The Balaban J connectivity index is 2.61. The monoisotopic (exact) mass is 148 g/mol. The fourth-order valence-corrected chi connectivity index (χ4v) is 1.54. The highest BCUT2D eigenvalue weighted by Gasteiger charge is 2.11. The number of fused-ring (bicyclic) bond motifs is 1. The Labute approximate surface area is 66.5 Å². The number of nitrogens with zero attached hydrogens (tertiary/aromatic N) is 2. The van der Waals surface area contributed by atoms with E-state index in [0.717, 1.165) is 12.1 Å². The van der Waals surface area contributed by atoms with Gasteiger partial charge in [0.05, 0.1) is 5.69 Å². The Morgan fingerprint density at radius 3 is 3.09 bits per heavy atom. The largest absolute Gasteiger partial charge is 0.272 e. The van der Waals surface area contributed by atoms with E-state index < -0.39 is 0 Å². The Kier molecular flexibility index (Phi) is 1.34. The summed E-state index contributed by atoms with van der Waals surface area (Å²) in [5.41, 5.74) is 3.90. The van der Waals surface area contributed by atoms with Gasteiger partial charge < -0.3 is 0 Å². The molecule has 2 nitrogen and oxygen atoms in total. The zero-order valence-electron chi connectivity index (χ0n) is 6.96. The van der Waals surface area contributed by atoms with Gasteiger partial charge in [-0.2, -0.15) is 5.10 Å². The van der Waals surface area contributed by atoms with Crippen LogP contribution in [0.1, 0.15) is 23.4 Å². The van der Waals surface area contributed by atoms with Crippen LogP contribution in [-0.4, -0.2) is 9.78 Å². The molecule has 58 valence electrons. The molecule has 0 aromatic carbocycles. The number of aromatic nitrogens is 2. The zero-order chi connectivity index (χ0) is 7.84. The Bertz CT molecular complexity index is 308. The smallest absolute Gasteiger partial charge is 0.0882 e. The summed E-state index contributed by atoms with van der Waals surface area (Å²) in [5.74, 6) is 0. The van der Waals surface area contributed by atoms with E-state index in [9.17, 15) is 0 Å². The van der Waals surface area contributed by atoms with Gasteiger partial charge in [0.1, 0.15) is 0 Å². The molecule has 0 saturated carbocycles. The predicted molar refractivity (Wildman–Crippen MR) is 45.3 cm³/mol. The average Bonchev–Trinajstić information content (AvgIpc) is 2.30. The van der Waals surface area contributed by atoms with Crippen molar-refractivity contribution in [2.45, 2.75) is 19.8 Å². The lowest BCUT2D eigenvalue weighted by molar-refractivity contribution is 0.736. The highest BCUT2D eigenvalue weighted by atomic mass is 15.3. The van der Waals surface area contributed by atoms with Crippen LogP contribution in [0.25, 0.3) is 6.08 Å². The molecule has 0 unspecified atom stereocenters. The quantitative estimate of drug-likeness (QED) is 0.547. The number of rotatable bonds is 0. The molecule has 0 bridgehead atoms. The van der Waals surface area contributed by atoms with E-state index in [1.165, 1.54) is 17.7 Å². The van der Waals surface area contributed by atoms with Gasteiger partial charge in [0.25, 0.3) is 0 Å². The molecule has 2 heteroatoms. The summed E-state index contributed by atoms with van der Waals surface area (Å²) in [6.45, 7) is 2.13. The molecule has 0 amide bonds. The summed E-state index contributed by atoms with van der Waals surface area (Å²) in [4.78, 5) is 0. The van der Waals surface area contributed by atoms with Crippen molar-refractivity contribution in [3.05, 3.63) is 23.0 Å². The fraction of sp³-hybridized carbons (Fsp3) is 0.444. The predicted octanol–water partition coefficient (Wildman–Crippen LogP) is 1.69. The van der Waals surface area contributed by atoms with Gasteiger partial charge in [0.2, 0.25) is 0 Å². The van der Waals surface area contributed by atoms with Crippen LogP contribution >= 0.6 is 0 Å². The molecule has 1 aromatic heterocycles. The van der Waals surface area contributed by atoms with Crippen molar-refractivity contribution >= 4 is 6.08 Å². The van der Waals surface area contributed by atoms with Gasteiger partial charge in [-0.15, -0.1) is 0 Å². The van der Waals surface area contributed by atoms with Crippen LogP contribution in [0.3, 0.4) is 0 Å². The van der Waals surface area contributed by atoms with Crippen molar-refractivity contribution < 1.29 is 0 Å². The van der Waals surface area contributed by atoms with Crippen LogP contribution in [0.2, 0.25) is 0 Å². The van der Waals surface area contributed by atoms with Crippen LogP contribution in [0.4, 0.5) is 0 Å². The van der Waals surface area contributed by atoms with Crippen LogP contribution < -0.4 is 0 Å². The van der Waals surface area contributed by atoms with E-state index in [1.807, 2.05) is 11.7 Å². The molecule has 0 saturated heterocycles. The molecule has 0 spiro atoms. The second-order valence-corrected chi connectivity index (χ2v) is 3.01. The molecule has 0 radical (unpaired) electrons. The molecule has 1 heterocycles. The molecule has 1 aromatic rings. The SMILES string of the molecule is Cc1c2c(nn1C)C=CCC2. The van der Waals surface area contributed by atoms with Crippen molar-refractivity contribution in [2.75, 3.05) is 0 Å². The van der Waals surface area contributed by atoms with E-state index in [2.05, 4.69) is 24.2 Å². The normalized spacial score (nSPS) is 15.1. The first kappa shape index (κ1) is 6.65. The third kappa shape index (κ3) is 0.897. The third-order valence-electron chi connectivity index (χ3n) is 2.33. The lowest BCUT2D eigenvalue weighted by Gasteiger charge is -2.02. The maximum Gasteiger partial charge on any atom is 0.0882 e. The van der Waals surface area contributed by atoms with E-state index in [1.54, 1.807) is 0 Å². The second-order valence-electron chi connectivity index (χ2n) is 3.01. The van der Waals surface area contributed by atoms with Gasteiger partial charge in [-0.25, -0.2) is 0 Å². The molecule has 0 atom stereocenters. The minimum atomic E-state index is 1.16. The molecule has 0 aliphatic heterocycles. The minimum absolute atomic E-state index is 1.16. The van der Waals surface area contributed by atoms with Crippen molar-refractivity contribution in [3.8, 4) is 0 Å². The molecule has 2 rings (SSSR count). The second kappa shape index (κ2) is 2.22. The van der Waals surface area contributed by atoms with E-state index in [4.69, 9.17) is 0 Å². The average molecular weight is 148 g/mol. The Morgan fingerprint density at radius 1 is 1.55 bits per heavy atom. The first-order valence-corrected chi connectivity index (χ1v) is 3.98. The molecular formula is C9H12N2. The van der Waals surface area contributed by atoms with Gasteiger partial charge in [0.15, 0.2) is 0 Å². The molecule has 11 heavy (non-hydrogen) atoms. The Morgan fingerprint density at radius 2 is 2.36 bits per heavy atom. The van der Waals surface area contributed by atoms with Crippen LogP contribution in [0.15, 0.2) is 6.08 Å². The van der Waals surface area contributed by atoms with Crippen LogP contribution in [0.5, 0.6) is 0 Å². The van der Waals surface area contributed by atoms with Crippen LogP contribution in [0, 0.1) is 6.92 Å². The van der Waals surface area contributed by atoms with E-state index in [-0.39, 0.29) is 0 Å². The van der Waals surface area contributed by atoms with E-state index in [0.29, 0.717) is 0 Å². The van der Waals surface area contributed by atoms with Gasteiger partial charge >= 0.3 is 0 Å². The first-order chi connectivity index (χ1) is 5.29. The highest BCUT2D eigenvalue weighted by Crippen LogP contribution is 2.20. The molecule has 1 aliphatic carbocycles. The number of hydrogen-bond acceptors (Lipinski definition) is 1. The Hall–Kier alpha value is -1.05. The minimum Gasteiger partial charge on any atom is -0.272 e. The van der Waals surface area contributed by atoms with Crippen LogP contribution in [-0.2, 0) is 13.5 Å². The summed E-state index contributed by atoms with van der Waals surface area (Å²) >= 11 is 0. The van der Waals surface area contributed by atoms with Crippen molar-refractivity contribution in [1.82, 2.24) is 9.78 Å². The number of allylic oxidation sites excluding steroid dienone is 1. The summed E-state index contributed by atoms with van der Waals surface area (Å²) in [7, 11) is 2.00. The molecular weight excluding hydrogens is 136 g/mol. The van der Waals surface area contributed by atoms with Gasteiger partial charge in [-0.1, -0.05) is 6.08 Å². The van der Waals surface area contributed by atoms with Gasteiger partial charge in [0, 0.05) is 18.3 Å². The van der Waals surface area contributed by atoms with Crippen molar-refractivity contribution in [1.29, 1.82) is 0 Å². The molecule has 0 fully saturated rings. The first-order valence-electron chi connectivity index (χ1n) is 3.98. The zero-order valence-corrected chi connectivity index (χ0v) is 6.96. The topological polar surface area (TPSA) is 17.8 Å². The standard InChI is InChI=1S/C9H12N2/c1-7-8-5-3-4-6-9(8)10-11(7)2/h4,6H,3,5H2,1-2H3. The maximum absolute atomic E-state index is 4.38. The highest BCUT2D eigenvalue weighted by molar-refractivity contribution is 5.53. The third-order valence-corrected chi connectivity index (χ3v) is 2.33. The molecule has 0 N–H and O–H groups in total.